The number of carbonyl (C=O) groups is 1. The Bertz CT molecular complexity index is 608. The highest BCUT2D eigenvalue weighted by atomic mass is 35.5. The fourth-order valence-electron chi connectivity index (χ4n) is 2.25. The van der Waals surface area contributed by atoms with Crippen LogP contribution in [-0.4, -0.2) is 30.0 Å². The third-order valence-electron chi connectivity index (χ3n) is 3.25. The Labute approximate surface area is 109 Å². The van der Waals surface area contributed by atoms with E-state index in [9.17, 15) is 4.79 Å². The number of anilines is 2. The molecular formula is C12H11ClN4O. The summed E-state index contributed by atoms with van der Waals surface area (Å²) < 4.78 is 0. The zero-order chi connectivity index (χ0) is 12.9. The first-order valence-corrected chi connectivity index (χ1v) is 5.91. The molecule has 1 amide bonds. The molecule has 0 fully saturated rings. The second kappa shape index (κ2) is 3.81. The lowest BCUT2D eigenvalue weighted by molar-refractivity contribution is -0.114. The lowest BCUT2D eigenvalue weighted by Crippen LogP contribution is -2.26. The van der Waals surface area contributed by atoms with Crippen LogP contribution in [0.25, 0.3) is 0 Å². The molecule has 1 aliphatic carbocycles. The first-order chi connectivity index (χ1) is 8.59. The molecule has 0 saturated heterocycles. The number of hydrogen-bond donors (Lipinski definition) is 0. The third kappa shape index (κ3) is 1.44. The Morgan fingerprint density at radius 1 is 1.33 bits per heavy atom. The van der Waals surface area contributed by atoms with Gasteiger partial charge in [0.2, 0.25) is 5.28 Å². The Morgan fingerprint density at radius 3 is 2.89 bits per heavy atom. The van der Waals surface area contributed by atoms with Crippen LogP contribution >= 0.6 is 11.6 Å². The number of hydrogen-bond acceptors (Lipinski definition) is 4. The summed E-state index contributed by atoms with van der Waals surface area (Å²) in [6.45, 7) is 0. The molecule has 92 valence electrons. The molecule has 0 atom stereocenters. The maximum absolute atomic E-state index is 12.3. The second-order valence-electron chi connectivity index (χ2n) is 4.24. The molecule has 1 aromatic rings. The van der Waals surface area contributed by atoms with Gasteiger partial charge in [-0.15, -0.1) is 0 Å². The minimum atomic E-state index is -0.0460. The van der Waals surface area contributed by atoms with Crippen LogP contribution in [0.1, 0.15) is 6.42 Å². The standard InChI is InChI=1S/C12H11ClN4O/c1-16-8-5-3-4-7(8)11(18)17(2)9-6-14-12(13)15-10(9)16/h3-4,6H,5H2,1-2H3. The van der Waals surface area contributed by atoms with E-state index in [4.69, 9.17) is 11.6 Å². The van der Waals surface area contributed by atoms with Gasteiger partial charge in [0.1, 0.15) is 5.69 Å². The average molecular weight is 263 g/mol. The van der Waals surface area contributed by atoms with Crippen molar-refractivity contribution >= 4 is 29.0 Å². The van der Waals surface area contributed by atoms with Crippen molar-refractivity contribution in [3.8, 4) is 0 Å². The van der Waals surface area contributed by atoms with Gasteiger partial charge in [-0.1, -0.05) is 12.2 Å². The van der Waals surface area contributed by atoms with Crippen molar-refractivity contribution in [1.82, 2.24) is 9.97 Å². The topological polar surface area (TPSA) is 49.3 Å². The first-order valence-electron chi connectivity index (χ1n) is 5.53. The summed E-state index contributed by atoms with van der Waals surface area (Å²) in [6, 6.07) is 0. The van der Waals surface area contributed by atoms with E-state index in [0.717, 1.165) is 12.1 Å². The van der Waals surface area contributed by atoms with Gasteiger partial charge in [-0.05, 0) is 11.6 Å². The van der Waals surface area contributed by atoms with Crippen molar-refractivity contribution in [2.75, 3.05) is 23.9 Å². The molecule has 2 aliphatic rings. The van der Waals surface area contributed by atoms with Gasteiger partial charge in [0.15, 0.2) is 5.82 Å². The summed E-state index contributed by atoms with van der Waals surface area (Å²) in [5.74, 6) is 0.606. The van der Waals surface area contributed by atoms with Crippen molar-refractivity contribution in [3.05, 3.63) is 34.9 Å². The summed E-state index contributed by atoms with van der Waals surface area (Å²) in [5.41, 5.74) is 2.31. The van der Waals surface area contributed by atoms with E-state index in [2.05, 4.69) is 9.97 Å². The van der Waals surface area contributed by atoms with Crippen LogP contribution in [0.5, 0.6) is 0 Å². The lowest BCUT2D eigenvalue weighted by atomic mass is 10.2. The van der Waals surface area contributed by atoms with Gasteiger partial charge in [0.05, 0.1) is 11.8 Å². The fraction of sp³-hybridized carbons (Fsp3) is 0.250. The predicted molar refractivity (Wildman–Crippen MR) is 69.6 cm³/mol. The van der Waals surface area contributed by atoms with E-state index in [-0.39, 0.29) is 11.2 Å². The highest BCUT2D eigenvalue weighted by Crippen LogP contribution is 2.36. The fourth-order valence-corrected chi connectivity index (χ4v) is 2.38. The van der Waals surface area contributed by atoms with Crippen LogP contribution in [0.15, 0.2) is 29.6 Å². The molecule has 18 heavy (non-hydrogen) atoms. The Hall–Kier alpha value is -1.88. The van der Waals surface area contributed by atoms with Crippen LogP contribution in [0.3, 0.4) is 0 Å². The largest absolute Gasteiger partial charge is 0.330 e. The monoisotopic (exact) mass is 262 g/mol. The van der Waals surface area contributed by atoms with E-state index in [0.29, 0.717) is 17.1 Å². The molecule has 1 aliphatic heterocycles. The minimum Gasteiger partial charge on any atom is -0.330 e. The maximum Gasteiger partial charge on any atom is 0.259 e. The molecule has 5 nitrogen and oxygen atoms in total. The number of halogens is 1. The highest BCUT2D eigenvalue weighted by Gasteiger charge is 2.31. The number of carbonyl (C=O) groups excluding carboxylic acids is 1. The van der Waals surface area contributed by atoms with Gasteiger partial charge >= 0.3 is 0 Å². The van der Waals surface area contributed by atoms with E-state index < -0.39 is 0 Å². The third-order valence-corrected chi connectivity index (χ3v) is 3.43. The molecule has 0 aromatic carbocycles. The quantitative estimate of drug-likeness (QED) is 0.669. The second-order valence-corrected chi connectivity index (χ2v) is 4.58. The summed E-state index contributed by atoms with van der Waals surface area (Å²) in [5, 5.41) is 0.177. The molecule has 1 aromatic heterocycles. The van der Waals surface area contributed by atoms with Crippen LogP contribution < -0.4 is 9.80 Å². The zero-order valence-electron chi connectivity index (χ0n) is 10.0. The molecule has 2 heterocycles. The molecule has 0 bridgehead atoms. The van der Waals surface area contributed by atoms with E-state index >= 15 is 0 Å². The average Bonchev–Trinajstić information content (AvgIpc) is 2.82. The van der Waals surface area contributed by atoms with Crippen molar-refractivity contribution in [2.24, 2.45) is 0 Å². The van der Waals surface area contributed by atoms with Crippen LogP contribution in [-0.2, 0) is 4.79 Å². The van der Waals surface area contributed by atoms with Gasteiger partial charge in [-0.2, -0.15) is 4.98 Å². The summed E-state index contributed by atoms with van der Waals surface area (Å²) >= 11 is 5.84. The molecule has 0 N–H and O–H groups in total. The predicted octanol–water partition coefficient (Wildman–Crippen LogP) is 1.76. The summed E-state index contributed by atoms with van der Waals surface area (Å²) in [4.78, 5) is 23.9. The summed E-state index contributed by atoms with van der Waals surface area (Å²) in [7, 11) is 3.60. The number of allylic oxidation sites excluding steroid dienone is 1. The normalized spacial score (nSPS) is 18.1. The molecule has 0 saturated carbocycles. The maximum atomic E-state index is 12.3. The number of fused-ring (bicyclic) bond motifs is 1. The van der Waals surface area contributed by atoms with Crippen molar-refractivity contribution in [1.29, 1.82) is 0 Å². The van der Waals surface area contributed by atoms with Gasteiger partial charge < -0.3 is 9.80 Å². The van der Waals surface area contributed by atoms with Crippen molar-refractivity contribution in [2.45, 2.75) is 6.42 Å². The highest BCUT2D eigenvalue weighted by molar-refractivity contribution is 6.28. The van der Waals surface area contributed by atoms with Crippen LogP contribution in [0.2, 0.25) is 5.28 Å². The smallest absolute Gasteiger partial charge is 0.259 e. The van der Waals surface area contributed by atoms with Gasteiger partial charge in [-0.3, -0.25) is 4.79 Å². The Morgan fingerprint density at radius 2 is 2.11 bits per heavy atom. The van der Waals surface area contributed by atoms with Crippen LogP contribution in [0.4, 0.5) is 11.5 Å². The van der Waals surface area contributed by atoms with Crippen molar-refractivity contribution in [3.63, 3.8) is 0 Å². The Kier molecular flexibility index (Phi) is 2.38. The summed E-state index contributed by atoms with van der Waals surface area (Å²) in [6.07, 6.45) is 6.13. The van der Waals surface area contributed by atoms with Crippen molar-refractivity contribution < 1.29 is 4.79 Å². The SMILES string of the molecule is CN1C(=O)C2=C(CC=C2)N(C)c2nc(Cl)ncc21. The molecular weight excluding hydrogens is 252 g/mol. The molecule has 3 rings (SSSR count). The number of aromatic nitrogens is 2. The minimum absolute atomic E-state index is 0.0460. The zero-order valence-corrected chi connectivity index (χ0v) is 10.8. The molecule has 0 radical (unpaired) electrons. The van der Waals surface area contributed by atoms with Gasteiger partial charge in [-0.25, -0.2) is 4.98 Å². The van der Waals surface area contributed by atoms with Gasteiger partial charge in [0.25, 0.3) is 5.91 Å². The number of likely N-dealkylation sites (N-methyl/N-ethyl adjacent to an activating group) is 1. The Balaban J connectivity index is 2.24. The number of amides is 1. The molecule has 6 heteroatoms. The molecule has 0 unspecified atom stereocenters. The molecule has 0 spiro atoms. The lowest BCUT2D eigenvalue weighted by Gasteiger charge is -2.21. The van der Waals surface area contributed by atoms with E-state index in [1.54, 1.807) is 18.1 Å². The van der Waals surface area contributed by atoms with E-state index in [1.165, 1.54) is 0 Å². The van der Waals surface area contributed by atoms with Crippen LogP contribution in [0, 0.1) is 0 Å². The van der Waals surface area contributed by atoms with Gasteiger partial charge in [0, 0.05) is 26.2 Å². The number of nitrogens with zero attached hydrogens (tertiary/aromatic N) is 4. The number of rotatable bonds is 0. The van der Waals surface area contributed by atoms with E-state index in [1.807, 2.05) is 24.1 Å². The first kappa shape index (κ1) is 11.2.